The number of carbonyl (C=O) groups excluding carboxylic acids is 1. The van der Waals surface area contributed by atoms with E-state index in [1.807, 2.05) is 0 Å². The maximum atomic E-state index is 11.5. The lowest BCUT2D eigenvalue weighted by Gasteiger charge is -2.26. The van der Waals surface area contributed by atoms with Crippen LogP contribution in [0, 0.1) is 0 Å². The molecular formula is C15H25ClN2O. The molecule has 0 saturated carbocycles. The first-order chi connectivity index (χ1) is 8.36. The van der Waals surface area contributed by atoms with E-state index >= 15 is 0 Å². The highest BCUT2D eigenvalue weighted by Crippen LogP contribution is 2.22. The van der Waals surface area contributed by atoms with E-state index in [0.29, 0.717) is 6.54 Å². The summed E-state index contributed by atoms with van der Waals surface area (Å²) < 4.78 is 0. The average molecular weight is 285 g/mol. The molecule has 0 aliphatic carbocycles. The van der Waals surface area contributed by atoms with Gasteiger partial charge in [0.15, 0.2) is 0 Å². The molecule has 0 fully saturated rings. The molecule has 0 spiro atoms. The highest BCUT2D eigenvalue weighted by molar-refractivity contribution is 5.85. The van der Waals surface area contributed by atoms with Crippen molar-refractivity contribution in [1.29, 1.82) is 0 Å². The summed E-state index contributed by atoms with van der Waals surface area (Å²) in [6, 6.07) is 8.10. The first kappa shape index (κ1) is 17.9. The molecule has 108 valence electrons. The average Bonchev–Trinajstić information content (AvgIpc) is 2.36. The van der Waals surface area contributed by atoms with Crippen LogP contribution >= 0.6 is 12.4 Å². The fourth-order valence-corrected chi connectivity index (χ4v) is 1.76. The zero-order valence-electron chi connectivity index (χ0n) is 12.2. The molecule has 1 rings (SSSR count). The lowest BCUT2D eigenvalue weighted by atomic mass is 9.84. The van der Waals surface area contributed by atoms with Crippen LogP contribution < -0.4 is 11.1 Å². The first-order valence-corrected chi connectivity index (χ1v) is 6.49. The summed E-state index contributed by atoms with van der Waals surface area (Å²) in [7, 11) is 0. The van der Waals surface area contributed by atoms with Crippen LogP contribution in [0.4, 0.5) is 0 Å². The predicted octanol–water partition coefficient (Wildman–Crippen LogP) is 2.41. The van der Waals surface area contributed by atoms with Gasteiger partial charge in [-0.15, -0.1) is 12.4 Å². The second-order valence-electron chi connectivity index (χ2n) is 5.44. The maximum Gasteiger partial charge on any atom is 0.236 e. The molecule has 1 aromatic rings. The van der Waals surface area contributed by atoms with Gasteiger partial charge in [0.1, 0.15) is 0 Å². The lowest BCUT2D eigenvalue weighted by Crippen LogP contribution is -2.43. The topological polar surface area (TPSA) is 55.1 Å². The number of halogens is 1. The summed E-state index contributed by atoms with van der Waals surface area (Å²) in [6.07, 6.45) is 1.04. The van der Waals surface area contributed by atoms with Crippen LogP contribution in [0.1, 0.15) is 38.8 Å². The second-order valence-corrected chi connectivity index (χ2v) is 5.44. The van der Waals surface area contributed by atoms with Crippen LogP contribution in [0.3, 0.4) is 0 Å². The van der Waals surface area contributed by atoms with Crippen LogP contribution in [0.5, 0.6) is 0 Å². The number of rotatable bonds is 5. The Morgan fingerprint density at radius 3 is 2.26 bits per heavy atom. The third-order valence-electron chi connectivity index (χ3n) is 3.26. The van der Waals surface area contributed by atoms with Crippen LogP contribution in [0.15, 0.2) is 24.3 Å². The van der Waals surface area contributed by atoms with Gasteiger partial charge in [-0.3, -0.25) is 4.79 Å². The van der Waals surface area contributed by atoms with Gasteiger partial charge >= 0.3 is 0 Å². The van der Waals surface area contributed by atoms with Crippen molar-refractivity contribution in [3.05, 3.63) is 35.4 Å². The minimum absolute atomic E-state index is 0. The number of amides is 1. The molecule has 3 nitrogen and oxygen atoms in total. The van der Waals surface area contributed by atoms with E-state index in [1.54, 1.807) is 6.92 Å². The van der Waals surface area contributed by atoms with Crippen molar-refractivity contribution >= 4 is 18.3 Å². The fraction of sp³-hybridized carbons (Fsp3) is 0.533. The molecule has 1 amide bonds. The molecule has 0 heterocycles. The highest BCUT2D eigenvalue weighted by Gasteiger charge is 2.21. The summed E-state index contributed by atoms with van der Waals surface area (Å²) in [5, 5.41) is 2.89. The number of benzene rings is 1. The lowest BCUT2D eigenvalue weighted by molar-refractivity contribution is -0.122. The molecule has 0 unspecified atom stereocenters. The van der Waals surface area contributed by atoms with Crippen molar-refractivity contribution in [2.45, 2.75) is 45.6 Å². The molecule has 1 aromatic carbocycles. The second kappa shape index (κ2) is 7.51. The zero-order valence-corrected chi connectivity index (χ0v) is 13.0. The molecule has 0 aliphatic rings. The Bertz CT molecular complexity index is 399. The Labute approximate surface area is 122 Å². The Balaban J connectivity index is 0.00000324. The number of aryl methyl sites for hydroxylation is 1. The number of nitrogens with one attached hydrogen (secondary N) is 1. The number of carbonyl (C=O) groups is 1. The highest BCUT2D eigenvalue weighted by atomic mass is 35.5. The van der Waals surface area contributed by atoms with Crippen molar-refractivity contribution in [3.8, 4) is 0 Å². The Kier molecular flexibility index (Phi) is 7.09. The van der Waals surface area contributed by atoms with Gasteiger partial charge in [-0.1, -0.05) is 45.0 Å². The largest absolute Gasteiger partial charge is 0.354 e. The summed E-state index contributed by atoms with van der Waals surface area (Å²) in [5.74, 6) is -0.103. The fourth-order valence-electron chi connectivity index (χ4n) is 1.76. The van der Waals surface area contributed by atoms with Gasteiger partial charge in [-0.2, -0.15) is 0 Å². The van der Waals surface area contributed by atoms with Crippen molar-refractivity contribution < 1.29 is 4.79 Å². The maximum absolute atomic E-state index is 11.5. The van der Waals surface area contributed by atoms with Crippen molar-refractivity contribution in [1.82, 2.24) is 5.32 Å². The molecule has 19 heavy (non-hydrogen) atoms. The third-order valence-corrected chi connectivity index (χ3v) is 3.26. The first-order valence-electron chi connectivity index (χ1n) is 6.49. The Hall–Kier alpha value is -1.06. The van der Waals surface area contributed by atoms with Gasteiger partial charge in [-0.25, -0.2) is 0 Å². The Morgan fingerprint density at radius 2 is 1.84 bits per heavy atom. The van der Waals surface area contributed by atoms with Crippen molar-refractivity contribution in [2.75, 3.05) is 6.54 Å². The van der Waals surface area contributed by atoms with Gasteiger partial charge in [0.05, 0.1) is 6.04 Å². The molecular weight excluding hydrogens is 260 g/mol. The van der Waals surface area contributed by atoms with E-state index in [0.717, 1.165) is 6.42 Å². The van der Waals surface area contributed by atoms with E-state index in [2.05, 4.69) is 50.4 Å². The van der Waals surface area contributed by atoms with Gasteiger partial charge in [0.25, 0.3) is 0 Å². The molecule has 0 aliphatic heterocycles. The van der Waals surface area contributed by atoms with Crippen molar-refractivity contribution in [3.63, 3.8) is 0 Å². The molecule has 4 heteroatoms. The SMILES string of the molecule is CCc1ccc(C(C)(C)CNC(=O)[C@H](C)N)cc1.Cl. The molecule has 1 atom stereocenters. The van der Waals surface area contributed by atoms with Gasteiger partial charge in [0, 0.05) is 12.0 Å². The smallest absolute Gasteiger partial charge is 0.236 e. The zero-order chi connectivity index (χ0) is 13.8. The monoisotopic (exact) mass is 284 g/mol. The third kappa shape index (κ3) is 5.21. The van der Waals surface area contributed by atoms with Crippen LogP contribution in [0.25, 0.3) is 0 Å². The minimum Gasteiger partial charge on any atom is -0.354 e. The summed E-state index contributed by atoms with van der Waals surface area (Å²) in [4.78, 5) is 11.5. The summed E-state index contributed by atoms with van der Waals surface area (Å²) in [6.45, 7) is 8.67. The van der Waals surface area contributed by atoms with E-state index in [1.165, 1.54) is 11.1 Å². The number of hydrogen-bond donors (Lipinski definition) is 2. The van der Waals surface area contributed by atoms with Gasteiger partial charge < -0.3 is 11.1 Å². The molecule has 0 saturated heterocycles. The standard InChI is InChI=1S/C15H24N2O.ClH/c1-5-12-6-8-13(9-7-12)15(3,4)10-17-14(18)11(2)16;/h6-9,11H,5,10,16H2,1-4H3,(H,17,18);1H/t11-;/m0./s1. The summed E-state index contributed by atoms with van der Waals surface area (Å²) in [5.41, 5.74) is 8.00. The Morgan fingerprint density at radius 1 is 1.32 bits per heavy atom. The minimum atomic E-state index is -0.455. The van der Waals surface area contributed by atoms with E-state index in [4.69, 9.17) is 5.73 Å². The predicted molar refractivity (Wildman–Crippen MR) is 82.8 cm³/mol. The quantitative estimate of drug-likeness (QED) is 0.872. The number of hydrogen-bond acceptors (Lipinski definition) is 2. The van der Waals surface area contributed by atoms with Crippen molar-refractivity contribution in [2.24, 2.45) is 5.73 Å². The summed E-state index contributed by atoms with van der Waals surface area (Å²) >= 11 is 0. The van der Waals surface area contributed by atoms with E-state index in [-0.39, 0.29) is 23.7 Å². The van der Waals surface area contributed by atoms with Gasteiger partial charge in [-0.05, 0) is 24.5 Å². The molecule has 3 N–H and O–H groups in total. The van der Waals surface area contributed by atoms with Crippen LogP contribution in [0.2, 0.25) is 0 Å². The van der Waals surface area contributed by atoms with Crippen LogP contribution in [-0.4, -0.2) is 18.5 Å². The molecule has 0 aromatic heterocycles. The van der Waals surface area contributed by atoms with E-state index < -0.39 is 6.04 Å². The van der Waals surface area contributed by atoms with Crippen LogP contribution in [-0.2, 0) is 16.6 Å². The van der Waals surface area contributed by atoms with Gasteiger partial charge in [0.2, 0.25) is 5.91 Å². The normalized spacial score (nSPS) is 12.5. The molecule has 0 radical (unpaired) electrons. The number of nitrogens with two attached hydrogens (primary N) is 1. The van der Waals surface area contributed by atoms with E-state index in [9.17, 15) is 4.79 Å². The molecule has 0 bridgehead atoms.